The predicted octanol–water partition coefficient (Wildman–Crippen LogP) is 1.45. The summed E-state index contributed by atoms with van der Waals surface area (Å²) in [7, 11) is 0. The zero-order chi connectivity index (χ0) is 14.3. The molecular weight excluding hydrogens is 248 g/mol. The van der Waals surface area contributed by atoms with Gasteiger partial charge in [-0.3, -0.25) is 0 Å². The lowest BCUT2D eigenvalue weighted by molar-refractivity contribution is -0.139. The lowest BCUT2D eigenvalue weighted by Crippen LogP contribution is -2.52. The molecule has 0 bridgehead atoms. The fourth-order valence-electron chi connectivity index (χ4n) is 2.28. The van der Waals surface area contributed by atoms with E-state index in [2.05, 4.69) is 5.32 Å². The number of carbonyl (C=O) groups excluding carboxylic acids is 1. The number of rotatable bonds is 6. The van der Waals surface area contributed by atoms with Crippen LogP contribution in [0.4, 0.5) is 4.79 Å². The third-order valence-corrected chi connectivity index (χ3v) is 3.24. The summed E-state index contributed by atoms with van der Waals surface area (Å²) < 4.78 is 5.53. The number of amides is 2. The maximum absolute atomic E-state index is 12.0. The first-order chi connectivity index (χ1) is 9.08. The van der Waals surface area contributed by atoms with Crippen molar-refractivity contribution < 1.29 is 19.4 Å². The molecule has 2 amide bonds. The number of likely N-dealkylation sites (tertiary alicyclic amines) is 1. The maximum atomic E-state index is 12.0. The number of ether oxygens (including phenoxy) is 1. The third kappa shape index (κ3) is 5.06. The van der Waals surface area contributed by atoms with E-state index >= 15 is 0 Å². The Morgan fingerprint density at radius 3 is 2.79 bits per heavy atom. The maximum Gasteiger partial charge on any atom is 0.326 e. The molecule has 0 aromatic rings. The Morgan fingerprint density at radius 2 is 2.21 bits per heavy atom. The second-order valence-corrected chi connectivity index (χ2v) is 4.79. The summed E-state index contributed by atoms with van der Waals surface area (Å²) in [4.78, 5) is 24.7. The largest absolute Gasteiger partial charge is 0.480 e. The first kappa shape index (κ1) is 15.8. The van der Waals surface area contributed by atoms with Gasteiger partial charge in [-0.05, 0) is 26.2 Å². The van der Waals surface area contributed by atoms with Crippen molar-refractivity contribution in [2.45, 2.75) is 51.7 Å². The van der Waals surface area contributed by atoms with Crippen molar-refractivity contribution in [2.75, 3.05) is 19.7 Å². The van der Waals surface area contributed by atoms with Gasteiger partial charge in [0.15, 0.2) is 0 Å². The quantitative estimate of drug-likeness (QED) is 0.767. The van der Waals surface area contributed by atoms with Gasteiger partial charge in [0.05, 0.1) is 6.10 Å². The van der Waals surface area contributed by atoms with Gasteiger partial charge in [0.25, 0.3) is 0 Å². The Labute approximate surface area is 114 Å². The molecule has 19 heavy (non-hydrogen) atoms. The molecule has 1 saturated heterocycles. The number of piperidine rings is 1. The fourth-order valence-corrected chi connectivity index (χ4v) is 2.28. The minimum Gasteiger partial charge on any atom is -0.480 e. The second kappa shape index (κ2) is 7.99. The molecule has 1 heterocycles. The molecule has 2 atom stereocenters. The van der Waals surface area contributed by atoms with Gasteiger partial charge in [0.2, 0.25) is 0 Å². The molecule has 6 nitrogen and oxygen atoms in total. The summed E-state index contributed by atoms with van der Waals surface area (Å²) in [5.74, 6) is -0.978. The summed E-state index contributed by atoms with van der Waals surface area (Å²) in [5.41, 5.74) is 0. The Morgan fingerprint density at radius 1 is 1.47 bits per heavy atom. The fraction of sp³-hybridized carbons (Fsp3) is 0.846. The molecule has 110 valence electrons. The van der Waals surface area contributed by atoms with E-state index in [-0.39, 0.29) is 12.1 Å². The SMILES string of the molecule is CCCC(NC(=O)N1CCCC(OCC)C1)C(=O)O. The Bertz CT molecular complexity index is 307. The van der Waals surface area contributed by atoms with Crippen molar-refractivity contribution in [3.63, 3.8) is 0 Å². The Hall–Kier alpha value is -1.30. The molecule has 6 heteroatoms. The van der Waals surface area contributed by atoms with Crippen molar-refractivity contribution in [2.24, 2.45) is 0 Å². The van der Waals surface area contributed by atoms with Crippen molar-refractivity contribution in [1.82, 2.24) is 10.2 Å². The van der Waals surface area contributed by atoms with Crippen molar-refractivity contribution in [3.05, 3.63) is 0 Å². The van der Waals surface area contributed by atoms with Gasteiger partial charge in [0, 0.05) is 19.7 Å². The van der Waals surface area contributed by atoms with Crippen molar-refractivity contribution in [1.29, 1.82) is 0 Å². The standard InChI is InChI=1S/C13H24N2O4/c1-3-6-11(12(16)17)14-13(18)15-8-5-7-10(9-15)19-4-2/h10-11H,3-9H2,1-2H3,(H,14,18)(H,16,17). The Balaban J connectivity index is 2.49. The molecule has 1 aliphatic heterocycles. The van der Waals surface area contributed by atoms with Crippen LogP contribution in [0.5, 0.6) is 0 Å². The molecular formula is C13H24N2O4. The van der Waals surface area contributed by atoms with Crippen molar-refractivity contribution >= 4 is 12.0 Å². The highest BCUT2D eigenvalue weighted by Crippen LogP contribution is 2.13. The van der Waals surface area contributed by atoms with Crippen LogP contribution in [0.25, 0.3) is 0 Å². The van der Waals surface area contributed by atoms with E-state index in [0.29, 0.717) is 26.1 Å². The van der Waals surface area contributed by atoms with E-state index in [1.54, 1.807) is 4.90 Å². The van der Waals surface area contributed by atoms with Crippen LogP contribution in [-0.4, -0.2) is 53.8 Å². The molecule has 0 radical (unpaired) electrons. The van der Waals surface area contributed by atoms with E-state index in [0.717, 1.165) is 19.3 Å². The number of hydrogen-bond acceptors (Lipinski definition) is 3. The molecule has 0 saturated carbocycles. The molecule has 0 aromatic carbocycles. The van der Waals surface area contributed by atoms with E-state index in [9.17, 15) is 9.59 Å². The Kier molecular flexibility index (Phi) is 6.62. The molecule has 2 N–H and O–H groups in total. The van der Waals surface area contributed by atoms with Gasteiger partial charge >= 0.3 is 12.0 Å². The predicted molar refractivity (Wildman–Crippen MR) is 71.1 cm³/mol. The number of urea groups is 1. The highest BCUT2D eigenvalue weighted by atomic mass is 16.5. The van der Waals surface area contributed by atoms with Gasteiger partial charge < -0.3 is 20.1 Å². The number of aliphatic carboxylic acids is 1. The zero-order valence-corrected chi connectivity index (χ0v) is 11.7. The van der Waals surface area contributed by atoms with Crippen LogP contribution in [0.3, 0.4) is 0 Å². The summed E-state index contributed by atoms with van der Waals surface area (Å²) in [6.07, 6.45) is 3.08. The molecule has 0 aromatic heterocycles. The third-order valence-electron chi connectivity index (χ3n) is 3.24. The molecule has 0 aliphatic carbocycles. The number of carbonyl (C=O) groups is 2. The highest BCUT2D eigenvalue weighted by molar-refractivity contribution is 5.82. The van der Waals surface area contributed by atoms with Gasteiger partial charge in [-0.2, -0.15) is 0 Å². The minimum absolute atomic E-state index is 0.0685. The average Bonchev–Trinajstić information content (AvgIpc) is 2.38. The number of carboxylic acid groups (broad SMARTS) is 1. The first-order valence-corrected chi connectivity index (χ1v) is 6.98. The first-order valence-electron chi connectivity index (χ1n) is 6.98. The normalized spacial score (nSPS) is 20.9. The van der Waals surface area contributed by atoms with Crippen molar-refractivity contribution in [3.8, 4) is 0 Å². The van der Waals surface area contributed by atoms with Gasteiger partial charge in [-0.25, -0.2) is 9.59 Å². The molecule has 2 unspecified atom stereocenters. The lowest BCUT2D eigenvalue weighted by Gasteiger charge is -2.33. The minimum atomic E-state index is -0.978. The van der Waals surface area contributed by atoms with E-state index in [1.807, 2.05) is 13.8 Å². The molecule has 0 spiro atoms. The zero-order valence-electron chi connectivity index (χ0n) is 11.7. The van der Waals surface area contributed by atoms with E-state index in [1.165, 1.54) is 0 Å². The van der Waals surface area contributed by atoms with Crippen LogP contribution >= 0.6 is 0 Å². The van der Waals surface area contributed by atoms with Crippen LogP contribution in [0.2, 0.25) is 0 Å². The number of hydrogen-bond donors (Lipinski definition) is 2. The second-order valence-electron chi connectivity index (χ2n) is 4.79. The average molecular weight is 272 g/mol. The van der Waals surface area contributed by atoms with Gasteiger partial charge in [0.1, 0.15) is 6.04 Å². The van der Waals surface area contributed by atoms with E-state index < -0.39 is 12.0 Å². The van der Waals surface area contributed by atoms with Crippen LogP contribution in [0.15, 0.2) is 0 Å². The molecule has 1 aliphatic rings. The van der Waals surface area contributed by atoms with Crippen LogP contribution < -0.4 is 5.32 Å². The topological polar surface area (TPSA) is 78.9 Å². The molecule has 1 rings (SSSR count). The summed E-state index contributed by atoms with van der Waals surface area (Å²) in [6, 6.07) is -1.10. The summed E-state index contributed by atoms with van der Waals surface area (Å²) >= 11 is 0. The molecule has 1 fully saturated rings. The van der Waals surface area contributed by atoms with E-state index in [4.69, 9.17) is 9.84 Å². The monoisotopic (exact) mass is 272 g/mol. The van der Waals surface area contributed by atoms with Gasteiger partial charge in [-0.1, -0.05) is 13.3 Å². The highest BCUT2D eigenvalue weighted by Gasteiger charge is 2.27. The smallest absolute Gasteiger partial charge is 0.326 e. The number of carboxylic acids is 1. The van der Waals surface area contributed by atoms with Crippen LogP contribution in [0, 0.1) is 0 Å². The summed E-state index contributed by atoms with van der Waals surface area (Å²) in [6.45, 7) is 5.66. The number of nitrogens with zero attached hydrogens (tertiary/aromatic N) is 1. The lowest BCUT2D eigenvalue weighted by atomic mass is 10.1. The number of nitrogens with one attached hydrogen (secondary N) is 1. The summed E-state index contributed by atoms with van der Waals surface area (Å²) in [5, 5.41) is 11.6. The van der Waals surface area contributed by atoms with Crippen LogP contribution in [-0.2, 0) is 9.53 Å². The van der Waals surface area contributed by atoms with Gasteiger partial charge in [-0.15, -0.1) is 0 Å². The van der Waals surface area contributed by atoms with Crippen LogP contribution in [0.1, 0.15) is 39.5 Å².